The van der Waals surface area contributed by atoms with Crippen molar-refractivity contribution in [2.75, 3.05) is 17.2 Å². The van der Waals surface area contributed by atoms with Crippen molar-refractivity contribution in [2.24, 2.45) is 0 Å². The molecule has 25 heavy (non-hydrogen) atoms. The van der Waals surface area contributed by atoms with Crippen LogP contribution in [0.3, 0.4) is 0 Å². The molecule has 2 aromatic carbocycles. The molecular formula is C18H18ClN3O3. The van der Waals surface area contributed by atoms with Gasteiger partial charge in [0.25, 0.3) is 5.91 Å². The van der Waals surface area contributed by atoms with E-state index in [1.165, 1.54) is 13.0 Å². The van der Waals surface area contributed by atoms with Crippen LogP contribution in [-0.2, 0) is 9.59 Å². The summed E-state index contributed by atoms with van der Waals surface area (Å²) in [7, 11) is 0. The highest BCUT2D eigenvalue weighted by Crippen LogP contribution is 2.23. The van der Waals surface area contributed by atoms with Crippen LogP contribution in [-0.4, -0.2) is 24.3 Å². The molecule has 0 unspecified atom stereocenters. The molecule has 6 nitrogen and oxygen atoms in total. The van der Waals surface area contributed by atoms with Gasteiger partial charge in [0.1, 0.15) is 0 Å². The first-order valence-electron chi connectivity index (χ1n) is 7.57. The highest BCUT2D eigenvalue weighted by molar-refractivity contribution is 6.31. The lowest BCUT2D eigenvalue weighted by Crippen LogP contribution is -2.33. The number of rotatable bonds is 5. The Hall–Kier alpha value is -2.86. The zero-order chi connectivity index (χ0) is 18.4. The van der Waals surface area contributed by atoms with Crippen LogP contribution in [0.25, 0.3) is 0 Å². The number of amides is 3. The molecule has 0 aliphatic rings. The van der Waals surface area contributed by atoms with E-state index in [0.29, 0.717) is 22.0 Å². The van der Waals surface area contributed by atoms with E-state index in [4.69, 9.17) is 11.6 Å². The maximum absolute atomic E-state index is 12.1. The summed E-state index contributed by atoms with van der Waals surface area (Å²) < 4.78 is 0. The van der Waals surface area contributed by atoms with Gasteiger partial charge < -0.3 is 16.0 Å². The predicted molar refractivity (Wildman–Crippen MR) is 97.9 cm³/mol. The molecule has 0 spiro atoms. The van der Waals surface area contributed by atoms with E-state index in [9.17, 15) is 14.4 Å². The fourth-order valence-electron chi connectivity index (χ4n) is 2.18. The molecule has 7 heteroatoms. The molecule has 0 saturated heterocycles. The summed E-state index contributed by atoms with van der Waals surface area (Å²) in [5.74, 6) is -0.958. The average molecular weight is 360 g/mol. The van der Waals surface area contributed by atoms with Gasteiger partial charge in [-0.15, -0.1) is 0 Å². The van der Waals surface area contributed by atoms with Crippen molar-refractivity contribution >= 4 is 40.7 Å². The summed E-state index contributed by atoms with van der Waals surface area (Å²) in [4.78, 5) is 35.2. The lowest BCUT2D eigenvalue weighted by molar-refractivity contribution is -0.115. The van der Waals surface area contributed by atoms with E-state index in [2.05, 4.69) is 16.0 Å². The Balaban J connectivity index is 1.96. The van der Waals surface area contributed by atoms with Gasteiger partial charge in [-0.25, -0.2) is 0 Å². The third-order valence-corrected chi connectivity index (χ3v) is 3.65. The van der Waals surface area contributed by atoms with Gasteiger partial charge in [-0.3, -0.25) is 14.4 Å². The smallest absolute Gasteiger partial charge is 0.251 e. The standard InChI is InChI=1S/C18H18ClN3O3/c1-11-15(21-12(2)23)7-4-8-16(11)22-17(24)10-20-18(25)13-5-3-6-14(19)9-13/h3-9H,10H2,1-2H3,(H,20,25)(H,21,23)(H,22,24). The molecule has 0 heterocycles. The van der Waals surface area contributed by atoms with Crippen LogP contribution in [0.15, 0.2) is 42.5 Å². The van der Waals surface area contributed by atoms with Crippen molar-refractivity contribution in [3.8, 4) is 0 Å². The molecule has 0 bridgehead atoms. The van der Waals surface area contributed by atoms with Gasteiger partial charge >= 0.3 is 0 Å². The van der Waals surface area contributed by atoms with Gasteiger partial charge in [0, 0.05) is 28.9 Å². The SMILES string of the molecule is CC(=O)Nc1cccc(NC(=O)CNC(=O)c2cccc(Cl)c2)c1C. The zero-order valence-corrected chi connectivity index (χ0v) is 14.6. The van der Waals surface area contributed by atoms with Gasteiger partial charge in [-0.05, 0) is 42.8 Å². The van der Waals surface area contributed by atoms with E-state index in [1.54, 1.807) is 43.3 Å². The fourth-order valence-corrected chi connectivity index (χ4v) is 2.37. The second-order valence-electron chi connectivity index (χ2n) is 5.40. The number of anilines is 2. The lowest BCUT2D eigenvalue weighted by Gasteiger charge is -2.13. The van der Waals surface area contributed by atoms with E-state index in [-0.39, 0.29) is 24.3 Å². The molecule has 3 amide bonds. The quantitative estimate of drug-likeness (QED) is 0.767. The molecule has 0 aromatic heterocycles. The van der Waals surface area contributed by atoms with E-state index < -0.39 is 0 Å². The van der Waals surface area contributed by atoms with Crippen LogP contribution in [0.1, 0.15) is 22.8 Å². The largest absolute Gasteiger partial charge is 0.343 e. The average Bonchev–Trinajstić information content (AvgIpc) is 2.56. The van der Waals surface area contributed by atoms with Gasteiger partial charge in [0.15, 0.2) is 0 Å². The number of halogens is 1. The molecule has 2 rings (SSSR count). The number of benzene rings is 2. The first kappa shape index (κ1) is 18.5. The van der Waals surface area contributed by atoms with E-state index in [1.807, 2.05) is 0 Å². The van der Waals surface area contributed by atoms with Crippen molar-refractivity contribution < 1.29 is 14.4 Å². The Kier molecular flexibility index (Phi) is 6.14. The number of hydrogen-bond acceptors (Lipinski definition) is 3. The maximum atomic E-state index is 12.1. The molecule has 0 saturated carbocycles. The second-order valence-corrected chi connectivity index (χ2v) is 5.84. The third-order valence-electron chi connectivity index (χ3n) is 3.41. The van der Waals surface area contributed by atoms with Crippen LogP contribution in [0.4, 0.5) is 11.4 Å². The van der Waals surface area contributed by atoms with Gasteiger partial charge in [-0.2, -0.15) is 0 Å². The van der Waals surface area contributed by atoms with Crippen molar-refractivity contribution in [1.29, 1.82) is 0 Å². The number of carbonyl (C=O) groups excluding carboxylic acids is 3. The Bertz CT molecular complexity index is 821. The first-order chi connectivity index (χ1) is 11.9. The van der Waals surface area contributed by atoms with Crippen molar-refractivity contribution in [2.45, 2.75) is 13.8 Å². The number of hydrogen-bond donors (Lipinski definition) is 3. The monoisotopic (exact) mass is 359 g/mol. The molecular weight excluding hydrogens is 342 g/mol. The first-order valence-corrected chi connectivity index (χ1v) is 7.95. The zero-order valence-electron chi connectivity index (χ0n) is 13.9. The number of carbonyl (C=O) groups is 3. The van der Waals surface area contributed by atoms with Crippen molar-refractivity contribution in [3.05, 3.63) is 58.6 Å². The minimum atomic E-state index is -0.388. The predicted octanol–water partition coefficient (Wildman–Crippen LogP) is 2.98. The van der Waals surface area contributed by atoms with Gasteiger partial charge in [0.2, 0.25) is 11.8 Å². The molecule has 130 valence electrons. The van der Waals surface area contributed by atoms with E-state index in [0.717, 1.165) is 5.56 Å². The summed E-state index contributed by atoms with van der Waals surface area (Å²) >= 11 is 5.84. The molecule has 0 aliphatic heterocycles. The molecule has 0 aliphatic carbocycles. The van der Waals surface area contributed by atoms with Gasteiger partial charge in [-0.1, -0.05) is 23.7 Å². The summed E-state index contributed by atoms with van der Waals surface area (Å²) in [6, 6.07) is 11.6. The van der Waals surface area contributed by atoms with Crippen molar-refractivity contribution in [3.63, 3.8) is 0 Å². The van der Waals surface area contributed by atoms with Crippen molar-refractivity contribution in [1.82, 2.24) is 5.32 Å². The van der Waals surface area contributed by atoms with Crippen LogP contribution in [0, 0.1) is 6.92 Å². The molecule has 2 aromatic rings. The minimum Gasteiger partial charge on any atom is -0.343 e. The van der Waals surface area contributed by atoms with Crippen LogP contribution in [0.5, 0.6) is 0 Å². The Morgan fingerprint density at radius 1 is 1.00 bits per heavy atom. The van der Waals surface area contributed by atoms with Gasteiger partial charge in [0.05, 0.1) is 6.54 Å². The van der Waals surface area contributed by atoms with Crippen LogP contribution < -0.4 is 16.0 Å². The normalized spacial score (nSPS) is 10.0. The summed E-state index contributed by atoms with van der Waals surface area (Å²) in [5.41, 5.74) is 2.29. The number of nitrogens with one attached hydrogen (secondary N) is 3. The summed E-state index contributed by atoms with van der Waals surface area (Å²) in [6.45, 7) is 3.01. The van der Waals surface area contributed by atoms with E-state index >= 15 is 0 Å². The Morgan fingerprint density at radius 3 is 2.28 bits per heavy atom. The minimum absolute atomic E-state index is 0.185. The third kappa shape index (κ3) is 5.32. The fraction of sp³-hybridized carbons (Fsp3) is 0.167. The lowest BCUT2D eigenvalue weighted by atomic mass is 10.1. The Labute approximate surface area is 150 Å². The topological polar surface area (TPSA) is 87.3 Å². The summed E-state index contributed by atoms with van der Waals surface area (Å²) in [6.07, 6.45) is 0. The summed E-state index contributed by atoms with van der Waals surface area (Å²) in [5, 5.41) is 8.38. The molecule has 0 fully saturated rings. The molecule has 0 radical (unpaired) electrons. The van der Waals surface area contributed by atoms with Crippen LogP contribution >= 0.6 is 11.6 Å². The highest BCUT2D eigenvalue weighted by atomic mass is 35.5. The maximum Gasteiger partial charge on any atom is 0.251 e. The molecule has 0 atom stereocenters. The highest BCUT2D eigenvalue weighted by Gasteiger charge is 2.11. The van der Waals surface area contributed by atoms with Crippen LogP contribution in [0.2, 0.25) is 5.02 Å². The molecule has 3 N–H and O–H groups in total. The second kappa shape index (κ2) is 8.30. The Morgan fingerprint density at radius 2 is 1.64 bits per heavy atom.